The smallest absolute Gasteiger partial charge is 0.373 e. The van der Waals surface area contributed by atoms with Crippen LogP contribution in [0.2, 0.25) is 0 Å². The number of aromatic nitrogens is 2. The Morgan fingerprint density at radius 2 is 1.39 bits per heavy atom. The van der Waals surface area contributed by atoms with Gasteiger partial charge in [-0.05, 0) is 55.3 Å². The van der Waals surface area contributed by atoms with Crippen LogP contribution in [-0.2, 0) is 73.1 Å². The molecule has 0 saturated heterocycles. The van der Waals surface area contributed by atoms with Crippen molar-refractivity contribution >= 4 is 110 Å². The average Bonchev–Trinajstić information content (AvgIpc) is 3.32. The number of hydrogen-bond acceptors (Lipinski definition) is 22. The molecule has 0 aliphatic rings. The van der Waals surface area contributed by atoms with E-state index in [4.69, 9.17) is 55.9 Å². The van der Waals surface area contributed by atoms with E-state index >= 15 is 0 Å². The number of anilines is 2. The number of ketones is 2. The third-order valence-electron chi connectivity index (χ3n) is 9.45. The first-order valence-electron chi connectivity index (χ1n) is 20.7. The number of nitrogens with one attached hydrogen (secondary N) is 4. The molecular weight excluding hydrogens is 993 g/mol. The number of hydrogen-bond donors (Lipinski definition) is 8. The Morgan fingerprint density at radius 1 is 0.819 bits per heavy atom. The van der Waals surface area contributed by atoms with E-state index in [0.717, 1.165) is 16.4 Å². The SMILES string of the molecule is C#CCN(Cc1ccc2nc(N)[nH]c(=O)c2c1)c1ccc(C(=O)NC(CCC(=O)OSSCCC(=O)C[C@@H](C)C(=O)N[C@@H](C)C(=O)C[C@@H](C)C(=O)N[C@@H](CN)C(=O)O)C(=O)O)cc1.O=C=O.O=C=O.O=C=O. The summed E-state index contributed by atoms with van der Waals surface area (Å²) >= 11 is 0.693. The minimum Gasteiger partial charge on any atom is -0.480 e. The van der Waals surface area contributed by atoms with E-state index in [1.54, 1.807) is 30.3 Å². The van der Waals surface area contributed by atoms with Crippen molar-refractivity contribution < 1.29 is 81.5 Å². The Balaban J connectivity index is 0.00000519. The molecule has 72 heavy (non-hydrogen) atoms. The molecule has 3 aromatic rings. The number of carbonyl (C=O) groups excluding carboxylic acids is 12. The zero-order valence-corrected chi connectivity index (χ0v) is 40.3. The van der Waals surface area contributed by atoms with Crippen molar-refractivity contribution in [2.24, 2.45) is 17.6 Å². The summed E-state index contributed by atoms with van der Waals surface area (Å²) < 4.78 is 5.06. The lowest BCUT2D eigenvalue weighted by molar-refractivity contribution is -0.193. The number of benzene rings is 2. The average molecular weight is 1040 g/mol. The molecule has 1 aromatic heterocycles. The fourth-order valence-electron chi connectivity index (χ4n) is 5.83. The van der Waals surface area contributed by atoms with Crippen LogP contribution < -0.4 is 37.9 Å². The topological polar surface area (TPSA) is 426 Å². The van der Waals surface area contributed by atoms with Crippen LogP contribution in [0.3, 0.4) is 0 Å². The Labute approximate surface area is 417 Å². The molecule has 0 bridgehead atoms. The molecule has 3 rings (SSSR count). The molecule has 0 aliphatic heterocycles. The predicted octanol–water partition coefficient (Wildman–Crippen LogP) is -0.189. The predicted molar refractivity (Wildman–Crippen MR) is 251 cm³/mol. The third kappa shape index (κ3) is 24.3. The minimum absolute atomic E-state index is 0.00397. The van der Waals surface area contributed by atoms with Crippen LogP contribution in [0.4, 0.5) is 11.6 Å². The zero-order chi connectivity index (χ0) is 54.9. The summed E-state index contributed by atoms with van der Waals surface area (Å²) in [7, 11) is 1.04. The number of terminal acetylenes is 1. The van der Waals surface area contributed by atoms with Gasteiger partial charge in [-0.3, -0.25) is 38.5 Å². The highest BCUT2D eigenvalue weighted by atomic mass is 33.1. The summed E-state index contributed by atoms with van der Waals surface area (Å²) in [6.07, 6.45) is 5.38. The molecule has 26 nitrogen and oxygen atoms in total. The van der Waals surface area contributed by atoms with E-state index in [2.05, 4.69) is 31.8 Å². The van der Waals surface area contributed by atoms with Crippen LogP contribution in [0.25, 0.3) is 10.9 Å². The molecule has 386 valence electrons. The number of carboxylic acids is 2. The first-order valence-corrected chi connectivity index (χ1v) is 23.0. The van der Waals surface area contributed by atoms with E-state index in [1.807, 2.05) is 4.90 Å². The molecule has 0 fully saturated rings. The number of H-pyrrole nitrogens is 1. The second kappa shape index (κ2) is 34.9. The quantitative estimate of drug-likeness (QED) is 0.0223. The minimum atomic E-state index is -1.41. The number of amides is 3. The van der Waals surface area contributed by atoms with Crippen LogP contribution in [0.15, 0.2) is 47.3 Å². The van der Waals surface area contributed by atoms with Crippen molar-refractivity contribution in [3.8, 4) is 12.3 Å². The van der Waals surface area contributed by atoms with Crippen molar-refractivity contribution in [3.05, 3.63) is 63.9 Å². The number of carbonyl (C=O) groups is 8. The molecule has 0 radical (unpaired) electrons. The van der Waals surface area contributed by atoms with Crippen LogP contribution in [0.5, 0.6) is 0 Å². The van der Waals surface area contributed by atoms with Gasteiger partial charge in [0.2, 0.25) is 17.8 Å². The second-order valence-electron chi connectivity index (χ2n) is 14.7. The van der Waals surface area contributed by atoms with Gasteiger partial charge in [0, 0.05) is 67.6 Å². The van der Waals surface area contributed by atoms with Crippen LogP contribution in [-0.4, -0.2) is 123 Å². The van der Waals surface area contributed by atoms with Gasteiger partial charge in [0.05, 0.1) is 23.5 Å². The number of nitrogens with two attached hydrogens (primary N) is 2. The largest absolute Gasteiger partial charge is 0.480 e. The molecule has 28 heteroatoms. The molecule has 0 saturated carbocycles. The summed E-state index contributed by atoms with van der Waals surface area (Å²) in [6.45, 7) is 4.57. The van der Waals surface area contributed by atoms with Crippen LogP contribution in [0.1, 0.15) is 68.8 Å². The van der Waals surface area contributed by atoms with Gasteiger partial charge >= 0.3 is 36.4 Å². The summed E-state index contributed by atoms with van der Waals surface area (Å²) in [4.78, 5) is 168. The van der Waals surface area contributed by atoms with Gasteiger partial charge in [-0.15, -0.1) is 6.42 Å². The number of rotatable bonds is 26. The number of nitrogen functional groups attached to an aromatic ring is 1. The second-order valence-corrected chi connectivity index (χ2v) is 16.8. The Kier molecular flexibility index (Phi) is 30.9. The van der Waals surface area contributed by atoms with Crippen molar-refractivity contribution in [3.63, 3.8) is 0 Å². The number of aliphatic carboxylic acids is 2. The molecule has 5 atom stereocenters. The Morgan fingerprint density at radius 3 is 1.94 bits per heavy atom. The summed E-state index contributed by atoms with van der Waals surface area (Å²) in [5.41, 5.74) is 12.6. The van der Waals surface area contributed by atoms with Gasteiger partial charge in [-0.2, -0.15) is 28.8 Å². The Hall–Kier alpha value is -8.30. The van der Waals surface area contributed by atoms with E-state index in [9.17, 15) is 48.3 Å². The Bertz CT molecular complexity index is 2540. The normalized spacial score (nSPS) is 11.9. The van der Waals surface area contributed by atoms with Gasteiger partial charge in [-0.1, -0.05) is 36.6 Å². The van der Waals surface area contributed by atoms with Crippen LogP contribution in [0, 0.1) is 24.2 Å². The highest BCUT2D eigenvalue weighted by molar-refractivity contribution is 8.75. The number of Topliss-reactive ketones (excluding diaryl/α,β-unsaturated/α-hetero) is 2. The third-order valence-corrected chi connectivity index (χ3v) is 11.2. The first kappa shape index (κ1) is 63.7. The highest BCUT2D eigenvalue weighted by Gasteiger charge is 2.27. The van der Waals surface area contributed by atoms with Crippen molar-refractivity contribution in [1.29, 1.82) is 0 Å². The highest BCUT2D eigenvalue weighted by Crippen LogP contribution is 2.25. The number of fused-ring (bicyclic) bond motifs is 1. The van der Waals surface area contributed by atoms with E-state index in [1.165, 1.54) is 32.9 Å². The maximum absolute atomic E-state index is 13.0. The van der Waals surface area contributed by atoms with Crippen molar-refractivity contribution in [1.82, 2.24) is 25.9 Å². The fraction of sp³-hybridized carbons (Fsp3) is 0.386. The summed E-state index contributed by atoms with van der Waals surface area (Å²) in [5, 5.41) is 26.3. The molecular formula is C44H50N8O18S2. The lowest BCUT2D eigenvalue weighted by Gasteiger charge is -2.23. The van der Waals surface area contributed by atoms with Crippen molar-refractivity contribution in [2.45, 2.75) is 77.5 Å². The lowest BCUT2D eigenvalue weighted by atomic mass is 9.98. The zero-order valence-electron chi connectivity index (χ0n) is 38.7. The molecule has 10 N–H and O–H groups in total. The number of carboxylic acid groups (broad SMARTS) is 2. The van der Waals surface area contributed by atoms with Gasteiger partial charge in [0.15, 0.2) is 5.78 Å². The van der Waals surface area contributed by atoms with E-state index in [0.29, 0.717) is 34.2 Å². The monoisotopic (exact) mass is 1040 g/mol. The molecule has 0 spiro atoms. The van der Waals surface area contributed by atoms with Crippen LogP contribution >= 0.6 is 21.9 Å². The lowest BCUT2D eigenvalue weighted by Crippen LogP contribution is -2.48. The maximum atomic E-state index is 13.0. The van der Waals surface area contributed by atoms with Gasteiger partial charge < -0.3 is 46.7 Å². The standard InChI is InChI=1S/C41H50N8O12S2.3CO2/c1-5-15-49(21-25-6-11-30-29(19-25)38(56)48-41(43)47-30)27-9-7-26(8-10-27)37(55)45-31(39(57)58)12-13-34(52)61-63-62-16-14-28(50)17-22(2)35(53)44-24(4)33(51)18-23(3)36(54)46-32(20-42)40(59)60;3*2-1-3/h1,6-11,19,22-24,31-32H,12-18,20-21,42H2,2-4H3,(H,44,53)(H,45,55)(H,46,54)(H,57,58)(H,59,60)(H3,43,47,48,56);;;/t22-,23-,24+,31?,32+;;;/m1.../s1. The molecule has 2 aromatic carbocycles. The fourth-order valence-corrected chi connectivity index (χ4v) is 7.24. The molecule has 1 heterocycles. The molecule has 1 unspecified atom stereocenters. The summed E-state index contributed by atoms with van der Waals surface area (Å²) in [6, 6.07) is 7.74. The van der Waals surface area contributed by atoms with Gasteiger partial charge in [0.1, 0.15) is 28.9 Å². The van der Waals surface area contributed by atoms with E-state index in [-0.39, 0.29) is 92.3 Å². The number of nitrogens with zero attached hydrogens (tertiary/aromatic N) is 2. The maximum Gasteiger partial charge on any atom is 0.373 e. The van der Waals surface area contributed by atoms with E-state index < -0.39 is 71.4 Å². The number of aromatic amines is 1. The first-order chi connectivity index (χ1) is 34.1. The van der Waals surface area contributed by atoms with Crippen molar-refractivity contribution in [2.75, 3.05) is 29.5 Å². The molecule has 0 aliphatic carbocycles. The van der Waals surface area contributed by atoms with Gasteiger partial charge in [0.25, 0.3) is 11.5 Å². The summed E-state index contributed by atoms with van der Waals surface area (Å²) in [5.74, 6) is -4.93. The van der Waals surface area contributed by atoms with Gasteiger partial charge in [-0.25, -0.2) is 14.6 Å². The molecule has 3 amide bonds.